The van der Waals surface area contributed by atoms with Gasteiger partial charge >= 0.3 is 15.6 Å². The average molecular weight is 540 g/mol. The van der Waals surface area contributed by atoms with Crippen molar-refractivity contribution in [1.29, 1.82) is 0 Å². The number of aromatic amines is 1. The highest BCUT2D eigenvalue weighted by molar-refractivity contribution is 7.61. The van der Waals surface area contributed by atoms with E-state index in [1.165, 1.54) is 0 Å². The van der Waals surface area contributed by atoms with Crippen LogP contribution in [0.5, 0.6) is 0 Å². The third-order valence-electron chi connectivity index (χ3n) is 4.51. The summed E-state index contributed by atoms with van der Waals surface area (Å²) in [4.78, 5) is 52.2. The van der Waals surface area contributed by atoms with Crippen LogP contribution in [-0.4, -0.2) is 83.5 Å². The highest BCUT2D eigenvalue weighted by Gasteiger charge is 2.46. The zero-order valence-electron chi connectivity index (χ0n) is 17.7. The molecule has 0 radical (unpaired) electrons. The topological polar surface area (TPSA) is 271 Å². The number of nitrogens with one attached hydrogen (secondary N) is 2. The maximum absolute atomic E-state index is 12.1. The molecule has 3 heterocycles. The number of fused-ring (bicyclic) bond motifs is 1. The number of anilines is 1. The Kier molecular flexibility index (Phi) is 8.23. The van der Waals surface area contributed by atoms with Crippen molar-refractivity contribution in [3.8, 4) is 0 Å². The third-order valence-corrected chi connectivity index (χ3v) is 7.15. The summed E-state index contributed by atoms with van der Waals surface area (Å²) in [6.07, 6.45) is -4.01. The second-order valence-electron chi connectivity index (χ2n) is 6.96. The summed E-state index contributed by atoms with van der Waals surface area (Å²) in [6.45, 7) is 1.55. The molecular weight excluding hydrogens is 518 g/mol. The summed E-state index contributed by atoms with van der Waals surface area (Å²) in [5, 5.41) is 22.9. The predicted octanol–water partition coefficient (Wildman–Crippen LogP) is -2.13. The Hall–Kier alpha value is -2.50. The number of hydrogen-bond donors (Lipinski definition) is 7. The number of aliphatic hydroxyl groups excluding tert-OH is 2. The number of carbonyl (C=O) groups excluding carboxylic acids is 1. The van der Waals surface area contributed by atoms with Gasteiger partial charge in [-0.05, 0) is 6.08 Å². The Morgan fingerprint density at radius 3 is 2.69 bits per heavy atom. The smallest absolute Gasteiger partial charge is 0.387 e. The number of phosphoric acid groups is 2. The minimum atomic E-state index is -5.23. The van der Waals surface area contributed by atoms with Crippen LogP contribution < -0.4 is 16.6 Å². The average Bonchev–Trinajstić information content (AvgIpc) is 3.30. The standard InChI is InChI=1S/C15H22N6O12P2/c1-2-8(22)17-3-4-30-34(26,27)33-35(28,29)31-5-7-10(23)11(24)14(32-7)21-6-18-9-12(21)19-15(16)20-13(9)25/h2,6-7,10-11,14,23-24H,1,3-5H2,(H,17,22)(H,26,27)(H,28,29)(H3,16,19,20,25). The number of carbonyl (C=O) groups is 1. The fraction of sp³-hybridized carbons (Fsp3) is 0.467. The molecular formula is C15H22N6O12P2. The monoisotopic (exact) mass is 540 g/mol. The molecule has 35 heavy (non-hydrogen) atoms. The van der Waals surface area contributed by atoms with E-state index in [9.17, 15) is 38.7 Å². The molecule has 8 N–H and O–H groups in total. The van der Waals surface area contributed by atoms with Crippen LogP contribution in [0.15, 0.2) is 23.8 Å². The van der Waals surface area contributed by atoms with Crippen LogP contribution in [0.25, 0.3) is 11.2 Å². The zero-order valence-corrected chi connectivity index (χ0v) is 19.4. The molecule has 6 unspecified atom stereocenters. The van der Waals surface area contributed by atoms with Crippen LogP contribution in [0.1, 0.15) is 6.23 Å². The van der Waals surface area contributed by atoms with Gasteiger partial charge in [0.25, 0.3) is 5.56 Å². The summed E-state index contributed by atoms with van der Waals surface area (Å²) >= 11 is 0. The van der Waals surface area contributed by atoms with Gasteiger partial charge in [-0.1, -0.05) is 6.58 Å². The fourth-order valence-electron chi connectivity index (χ4n) is 2.98. The van der Waals surface area contributed by atoms with Crippen molar-refractivity contribution in [2.75, 3.05) is 25.5 Å². The van der Waals surface area contributed by atoms with E-state index in [0.717, 1.165) is 17.0 Å². The number of H-pyrrole nitrogens is 1. The Bertz CT molecular complexity index is 1250. The maximum atomic E-state index is 12.1. The first-order valence-electron chi connectivity index (χ1n) is 9.64. The van der Waals surface area contributed by atoms with Crippen LogP contribution in [0.3, 0.4) is 0 Å². The van der Waals surface area contributed by atoms with Crippen molar-refractivity contribution in [3.05, 3.63) is 29.3 Å². The van der Waals surface area contributed by atoms with Crippen LogP contribution >= 0.6 is 15.6 Å². The van der Waals surface area contributed by atoms with Crippen molar-refractivity contribution in [2.45, 2.75) is 24.5 Å². The number of phosphoric ester groups is 2. The van der Waals surface area contributed by atoms with Gasteiger partial charge in [0, 0.05) is 6.54 Å². The molecule has 20 heteroatoms. The number of aromatic nitrogens is 4. The molecule has 2 aromatic rings. The van der Waals surface area contributed by atoms with E-state index in [-0.39, 0.29) is 23.7 Å². The van der Waals surface area contributed by atoms with E-state index in [2.05, 4.69) is 40.2 Å². The fourth-order valence-corrected chi connectivity index (χ4v) is 5.06. The lowest BCUT2D eigenvalue weighted by atomic mass is 10.1. The first-order valence-corrected chi connectivity index (χ1v) is 12.6. The number of amides is 1. The molecule has 3 rings (SSSR count). The Morgan fingerprint density at radius 2 is 2.00 bits per heavy atom. The van der Waals surface area contributed by atoms with Gasteiger partial charge in [-0.3, -0.25) is 28.2 Å². The molecule has 194 valence electrons. The van der Waals surface area contributed by atoms with Crippen molar-refractivity contribution >= 4 is 38.7 Å². The van der Waals surface area contributed by atoms with Crippen molar-refractivity contribution in [1.82, 2.24) is 24.8 Å². The predicted molar refractivity (Wildman–Crippen MR) is 114 cm³/mol. The van der Waals surface area contributed by atoms with Crippen molar-refractivity contribution < 1.29 is 52.0 Å². The minimum absolute atomic E-state index is 0.0668. The molecule has 0 spiro atoms. The third kappa shape index (κ3) is 6.59. The van der Waals surface area contributed by atoms with Crippen LogP contribution in [0.4, 0.5) is 5.95 Å². The molecule has 1 aliphatic rings. The highest BCUT2D eigenvalue weighted by Crippen LogP contribution is 2.60. The highest BCUT2D eigenvalue weighted by atomic mass is 31.3. The molecule has 1 amide bonds. The number of nitrogens with zero attached hydrogens (tertiary/aromatic N) is 3. The van der Waals surface area contributed by atoms with Crippen molar-refractivity contribution in [2.24, 2.45) is 0 Å². The van der Waals surface area contributed by atoms with E-state index in [1.54, 1.807) is 0 Å². The number of rotatable bonds is 11. The lowest BCUT2D eigenvalue weighted by molar-refractivity contribution is -0.116. The van der Waals surface area contributed by atoms with Gasteiger partial charge in [0.15, 0.2) is 17.4 Å². The molecule has 0 aromatic carbocycles. The van der Waals surface area contributed by atoms with E-state index in [1.807, 2.05) is 0 Å². The van der Waals surface area contributed by atoms with Gasteiger partial charge in [0.05, 0.1) is 19.5 Å². The van der Waals surface area contributed by atoms with E-state index < -0.39 is 64.9 Å². The van der Waals surface area contributed by atoms with E-state index >= 15 is 0 Å². The van der Waals surface area contributed by atoms with Gasteiger partial charge in [-0.25, -0.2) is 14.1 Å². The van der Waals surface area contributed by atoms with Gasteiger partial charge in [-0.15, -0.1) is 0 Å². The van der Waals surface area contributed by atoms with Gasteiger partial charge < -0.3 is 35.8 Å². The Morgan fingerprint density at radius 1 is 1.31 bits per heavy atom. The summed E-state index contributed by atoms with van der Waals surface area (Å²) < 4.78 is 43.7. The molecule has 1 fully saturated rings. The number of nitrogen functional groups attached to an aromatic ring is 1. The second-order valence-corrected chi connectivity index (χ2v) is 10.0. The van der Waals surface area contributed by atoms with Gasteiger partial charge in [0.1, 0.15) is 18.3 Å². The molecule has 1 saturated heterocycles. The second kappa shape index (κ2) is 10.6. The lowest BCUT2D eigenvalue weighted by Gasteiger charge is -2.19. The number of ether oxygens (including phenoxy) is 1. The minimum Gasteiger partial charge on any atom is -0.387 e. The number of nitrogens with two attached hydrogens (primary N) is 1. The summed E-state index contributed by atoms with van der Waals surface area (Å²) in [7, 11) is -10.3. The normalized spacial score (nSPS) is 25.7. The first-order chi connectivity index (χ1) is 16.3. The Balaban J connectivity index is 1.60. The summed E-state index contributed by atoms with van der Waals surface area (Å²) in [6, 6.07) is 0. The maximum Gasteiger partial charge on any atom is 0.481 e. The number of imidazole rings is 1. The van der Waals surface area contributed by atoms with Gasteiger partial charge in [0.2, 0.25) is 11.9 Å². The summed E-state index contributed by atoms with van der Waals surface area (Å²) in [5.41, 5.74) is 4.67. The molecule has 0 bridgehead atoms. The molecule has 18 nitrogen and oxygen atoms in total. The largest absolute Gasteiger partial charge is 0.481 e. The Labute approximate surface area is 195 Å². The number of hydrogen-bond acceptors (Lipinski definition) is 13. The van der Waals surface area contributed by atoms with Crippen LogP contribution in [-0.2, 0) is 32.0 Å². The van der Waals surface area contributed by atoms with E-state index in [4.69, 9.17) is 10.5 Å². The van der Waals surface area contributed by atoms with Gasteiger partial charge in [-0.2, -0.15) is 9.29 Å². The molecule has 1 aliphatic heterocycles. The summed E-state index contributed by atoms with van der Waals surface area (Å²) in [5.74, 6) is -0.821. The molecule has 2 aromatic heterocycles. The molecule has 0 aliphatic carbocycles. The number of aliphatic hydroxyl groups is 2. The SMILES string of the molecule is C=CC(=O)NCCOP(=O)(O)OP(=O)(O)OCC1OC(n2cnc3c(=O)[nH]c(N)nc32)C(O)C1O. The van der Waals surface area contributed by atoms with Crippen LogP contribution in [0, 0.1) is 0 Å². The van der Waals surface area contributed by atoms with Crippen LogP contribution in [0.2, 0.25) is 0 Å². The first kappa shape index (κ1) is 27.1. The molecule has 0 saturated carbocycles. The van der Waals surface area contributed by atoms with Crippen molar-refractivity contribution in [3.63, 3.8) is 0 Å². The lowest BCUT2D eigenvalue weighted by Crippen LogP contribution is -2.33. The zero-order chi connectivity index (χ0) is 26.0. The van der Waals surface area contributed by atoms with E-state index in [0.29, 0.717) is 0 Å². The quantitative estimate of drug-likeness (QED) is 0.0911. The molecule has 6 atom stereocenters.